The lowest BCUT2D eigenvalue weighted by Crippen LogP contribution is -2.43. The van der Waals surface area contributed by atoms with Gasteiger partial charge >= 0.3 is 0 Å². The van der Waals surface area contributed by atoms with Gasteiger partial charge in [-0.15, -0.1) is 0 Å². The first-order valence-electron chi connectivity index (χ1n) is 10.2. The number of nitrogens with one attached hydrogen (secondary N) is 1. The van der Waals surface area contributed by atoms with E-state index >= 15 is 0 Å². The fourth-order valence-electron chi connectivity index (χ4n) is 2.51. The zero-order valence-electron chi connectivity index (χ0n) is 18.7. The molecule has 0 heterocycles. The smallest absolute Gasteiger partial charge is 0.241 e. The van der Waals surface area contributed by atoms with E-state index in [1.165, 1.54) is 0 Å². The van der Waals surface area contributed by atoms with Crippen molar-refractivity contribution in [3.05, 3.63) is 59.3 Å². The first kappa shape index (κ1) is 25.6. The van der Waals surface area contributed by atoms with Gasteiger partial charge < -0.3 is 15.5 Å². The monoisotopic (exact) mass is 436 g/mol. The average Bonchev–Trinajstić information content (AvgIpc) is 2.62. The van der Waals surface area contributed by atoms with Gasteiger partial charge in [-0.05, 0) is 56.1 Å². The van der Waals surface area contributed by atoms with Crippen molar-refractivity contribution in [2.24, 2.45) is 5.73 Å². The molecule has 0 aliphatic rings. The fraction of sp³-hybridized carbons (Fsp3) is 0.522. The van der Waals surface area contributed by atoms with Crippen LogP contribution in [0.15, 0.2) is 53.7 Å². The van der Waals surface area contributed by atoms with E-state index in [0.29, 0.717) is 12.8 Å². The molecule has 0 radical (unpaired) electrons. The number of rotatable bonds is 10. The quantitative estimate of drug-likeness (QED) is 0.476. The van der Waals surface area contributed by atoms with Gasteiger partial charge in [0.25, 0.3) is 0 Å². The highest BCUT2D eigenvalue weighted by Gasteiger charge is 2.38. The zero-order valence-corrected chi connectivity index (χ0v) is 20.4. The summed E-state index contributed by atoms with van der Waals surface area (Å²) in [6.07, 6.45) is 7.57. The zero-order chi connectivity index (χ0) is 22.1. The van der Waals surface area contributed by atoms with Gasteiger partial charge in [-0.1, -0.05) is 74.9 Å². The van der Waals surface area contributed by atoms with Crippen LogP contribution in [0.2, 0.25) is 18.1 Å². The number of hydrogen-bond donors (Lipinski definition) is 2. The van der Waals surface area contributed by atoms with E-state index in [-0.39, 0.29) is 17.0 Å². The van der Waals surface area contributed by atoms with Gasteiger partial charge in [0, 0.05) is 5.03 Å². The van der Waals surface area contributed by atoms with Crippen molar-refractivity contribution in [1.29, 1.82) is 0 Å². The van der Waals surface area contributed by atoms with Crippen LogP contribution in [-0.4, -0.2) is 26.4 Å². The molecule has 4 nitrogen and oxygen atoms in total. The number of amides is 1. The summed E-state index contributed by atoms with van der Waals surface area (Å²) in [6.45, 7) is 13.0. The summed E-state index contributed by atoms with van der Waals surface area (Å²) in [5.41, 5.74) is 7.06. The Hall–Kier alpha value is -1.40. The molecule has 0 bridgehead atoms. The van der Waals surface area contributed by atoms with E-state index in [0.717, 1.165) is 17.0 Å². The summed E-state index contributed by atoms with van der Waals surface area (Å²) in [7, 11) is -1.90. The van der Waals surface area contributed by atoms with Crippen LogP contribution in [0, 0.1) is 0 Å². The van der Waals surface area contributed by atoms with Crippen LogP contribution in [-0.2, 0) is 15.6 Å². The molecule has 1 aromatic rings. The molecular weight excluding hydrogens is 400 g/mol. The third-order valence-corrected chi connectivity index (χ3v) is 10.00. The SMILES string of the molecule is CC(Cl)=CC[C@@H](CC=CNC(=O)[C@@H](N)Cc1ccccc1)O[Si](C)(C)C(C)(C)C. The second kappa shape index (κ2) is 11.7. The minimum atomic E-state index is -1.90. The predicted molar refractivity (Wildman–Crippen MR) is 126 cm³/mol. The molecule has 6 heteroatoms. The van der Waals surface area contributed by atoms with E-state index in [1.54, 1.807) is 6.20 Å². The predicted octanol–water partition coefficient (Wildman–Crippen LogP) is 5.50. The molecule has 0 aliphatic heterocycles. The van der Waals surface area contributed by atoms with Crippen LogP contribution in [0.4, 0.5) is 0 Å². The van der Waals surface area contributed by atoms with Gasteiger partial charge in [0.1, 0.15) is 0 Å². The molecule has 0 aromatic heterocycles. The number of carbonyl (C=O) groups excluding carboxylic acids is 1. The average molecular weight is 437 g/mol. The first-order chi connectivity index (χ1) is 13.4. The summed E-state index contributed by atoms with van der Waals surface area (Å²) < 4.78 is 6.53. The van der Waals surface area contributed by atoms with Crippen LogP contribution >= 0.6 is 11.6 Å². The van der Waals surface area contributed by atoms with Gasteiger partial charge in [0.15, 0.2) is 8.32 Å². The maximum atomic E-state index is 12.2. The van der Waals surface area contributed by atoms with Crippen molar-refractivity contribution in [2.45, 2.75) is 77.2 Å². The Balaban J connectivity index is 2.62. The van der Waals surface area contributed by atoms with Crippen molar-refractivity contribution in [3.63, 3.8) is 0 Å². The van der Waals surface area contributed by atoms with Crippen molar-refractivity contribution in [1.82, 2.24) is 5.32 Å². The lowest BCUT2D eigenvalue weighted by atomic mass is 10.1. The minimum Gasteiger partial charge on any atom is -0.413 e. The third-order valence-electron chi connectivity index (χ3n) is 5.31. The van der Waals surface area contributed by atoms with E-state index in [4.69, 9.17) is 21.8 Å². The highest BCUT2D eigenvalue weighted by atomic mass is 35.5. The second-order valence-corrected chi connectivity index (χ2v) is 14.3. The summed E-state index contributed by atoms with van der Waals surface area (Å²) in [5, 5.41) is 3.68. The molecule has 0 fully saturated rings. The van der Waals surface area contributed by atoms with Crippen LogP contribution in [0.5, 0.6) is 0 Å². The first-order valence-corrected chi connectivity index (χ1v) is 13.5. The molecule has 1 aromatic carbocycles. The third kappa shape index (κ3) is 9.76. The lowest BCUT2D eigenvalue weighted by Gasteiger charge is -2.39. The molecule has 2 atom stereocenters. The van der Waals surface area contributed by atoms with Crippen molar-refractivity contribution in [2.75, 3.05) is 0 Å². The number of halogens is 1. The second-order valence-electron chi connectivity index (χ2n) is 8.97. The van der Waals surface area contributed by atoms with Crippen LogP contribution in [0.1, 0.15) is 46.1 Å². The van der Waals surface area contributed by atoms with Crippen molar-refractivity contribution < 1.29 is 9.22 Å². The Morgan fingerprint density at radius 3 is 2.41 bits per heavy atom. The number of hydrogen-bond acceptors (Lipinski definition) is 3. The Morgan fingerprint density at radius 1 is 1.24 bits per heavy atom. The van der Waals surface area contributed by atoms with Gasteiger partial charge in [0.2, 0.25) is 5.91 Å². The normalized spacial score (nSPS) is 15.4. The molecule has 0 unspecified atom stereocenters. The van der Waals surface area contributed by atoms with Gasteiger partial charge in [-0.3, -0.25) is 4.79 Å². The van der Waals surface area contributed by atoms with Crippen molar-refractivity contribution >= 4 is 25.8 Å². The summed E-state index contributed by atoms with van der Waals surface area (Å²) in [5.74, 6) is -0.191. The van der Waals surface area contributed by atoms with Crippen LogP contribution in [0.3, 0.4) is 0 Å². The Bertz CT molecular complexity index is 693. The highest BCUT2D eigenvalue weighted by molar-refractivity contribution is 6.74. The molecular formula is C23H37ClN2O2Si. The topological polar surface area (TPSA) is 64.4 Å². The number of nitrogens with two attached hydrogens (primary N) is 1. The summed E-state index contributed by atoms with van der Waals surface area (Å²) >= 11 is 6.02. The molecule has 1 amide bonds. The molecule has 0 spiro atoms. The Labute approximate surface area is 182 Å². The van der Waals surface area contributed by atoms with E-state index in [1.807, 2.05) is 49.4 Å². The number of benzene rings is 1. The largest absolute Gasteiger partial charge is 0.413 e. The van der Waals surface area contributed by atoms with Gasteiger partial charge in [-0.25, -0.2) is 0 Å². The maximum Gasteiger partial charge on any atom is 0.241 e. The molecule has 162 valence electrons. The van der Waals surface area contributed by atoms with Crippen molar-refractivity contribution in [3.8, 4) is 0 Å². The molecule has 3 N–H and O–H groups in total. The fourth-order valence-corrected chi connectivity index (χ4v) is 3.98. The summed E-state index contributed by atoms with van der Waals surface area (Å²) in [6, 6.07) is 9.19. The van der Waals surface area contributed by atoms with E-state index in [9.17, 15) is 4.79 Å². The molecule has 0 saturated heterocycles. The number of carbonyl (C=O) groups is 1. The van der Waals surface area contributed by atoms with E-state index < -0.39 is 14.4 Å². The standard InChI is InChI=1S/C23H37ClN2O2Si/c1-18(24)14-15-20(28-29(5,6)23(2,3)4)13-10-16-26-22(27)21(25)17-19-11-8-7-9-12-19/h7-12,14,16,20-21H,13,15,17,25H2,1-6H3,(H,26,27)/t20-,21+/m1/s1. The maximum absolute atomic E-state index is 12.2. The minimum absolute atomic E-state index is 0.0238. The Kier molecular flexibility index (Phi) is 10.3. The lowest BCUT2D eigenvalue weighted by molar-refractivity contribution is -0.121. The molecule has 29 heavy (non-hydrogen) atoms. The molecule has 0 aliphatic carbocycles. The van der Waals surface area contributed by atoms with Crippen LogP contribution in [0.25, 0.3) is 0 Å². The molecule has 1 rings (SSSR count). The Morgan fingerprint density at radius 2 is 1.86 bits per heavy atom. The van der Waals surface area contributed by atoms with Gasteiger partial charge in [-0.2, -0.15) is 0 Å². The van der Waals surface area contributed by atoms with E-state index in [2.05, 4.69) is 39.2 Å². The van der Waals surface area contributed by atoms with Gasteiger partial charge in [0.05, 0.1) is 12.1 Å². The summed E-state index contributed by atoms with van der Waals surface area (Å²) in [4.78, 5) is 12.2. The highest BCUT2D eigenvalue weighted by Crippen LogP contribution is 2.38. The number of allylic oxidation sites excluding steroid dienone is 1. The molecule has 0 saturated carbocycles. The van der Waals surface area contributed by atoms with Crippen LogP contribution < -0.4 is 11.1 Å².